The highest BCUT2D eigenvalue weighted by Crippen LogP contribution is 2.27. The maximum absolute atomic E-state index is 11.7. The molecule has 96 valence electrons. The topological polar surface area (TPSA) is 40.5 Å². The predicted octanol–water partition coefficient (Wildman–Crippen LogP) is 2.55. The normalized spacial score (nSPS) is 15.9. The molecule has 0 atom stereocenters. The molecule has 0 bridgehead atoms. The van der Waals surface area contributed by atoms with Gasteiger partial charge in [-0.15, -0.1) is 0 Å². The van der Waals surface area contributed by atoms with Crippen LogP contribution in [0.5, 0.6) is 0 Å². The highest BCUT2D eigenvalue weighted by Gasteiger charge is 2.21. The molecule has 3 nitrogen and oxygen atoms in total. The second-order valence-electron chi connectivity index (χ2n) is 4.43. The van der Waals surface area contributed by atoms with Gasteiger partial charge in [-0.05, 0) is 37.0 Å². The van der Waals surface area contributed by atoms with Gasteiger partial charge in [0.05, 0.1) is 5.02 Å². The number of aliphatic hydroxyl groups excluding tert-OH is 1. The molecule has 0 radical (unpaired) electrons. The lowest BCUT2D eigenvalue weighted by Crippen LogP contribution is -2.31. The predicted molar refractivity (Wildman–Crippen MR) is 75.7 cm³/mol. The van der Waals surface area contributed by atoms with E-state index in [1.54, 1.807) is 6.07 Å². The van der Waals surface area contributed by atoms with Gasteiger partial charge in [0.25, 0.3) is 0 Å². The smallest absolute Gasteiger partial charge is 0.161 e. The van der Waals surface area contributed by atoms with E-state index < -0.39 is 0 Å². The number of ketones is 1. The molecule has 1 aromatic carbocycles. The van der Waals surface area contributed by atoms with Gasteiger partial charge >= 0.3 is 0 Å². The van der Waals surface area contributed by atoms with Gasteiger partial charge in [0.1, 0.15) is 5.60 Å². The van der Waals surface area contributed by atoms with Gasteiger partial charge in [0, 0.05) is 18.7 Å². The molecule has 0 spiro atoms. The summed E-state index contributed by atoms with van der Waals surface area (Å²) in [4.78, 5) is 13.5. The third kappa shape index (κ3) is 2.65. The van der Waals surface area contributed by atoms with Crippen molar-refractivity contribution >= 4 is 31.9 Å². The number of aliphatic hydroxyl groups is 1. The van der Waals surface area contributed by atoms with Gasteiger partial charge in [-0.3, -0.25) is 9.69 Å². The van der Waals surface area contributed by atoms with Gasteiger partial charge < -0.3 is 5.11 Å². The quantitative estimate of drug-likeness (QED) is 0.670. The summed E-state index contributed by atoms with van der Waals surface area (Å²) in [6.07, 6.45) is 1.50. The first-order valence-corrected chi connectivity index (χ1v) is 6.72. The first kappa shape index (κ1) is 13.7. The van der Waals surface area contributed by atoms with Gasteiger partial charge in [-0.2, -0.15) is 0 Å². The molecule has 0 aliphatic carbocycles. The van der Waals surface area contributed by atoms with Gasteiger partial charge in [0.2, 0.25) is 0 Å². The maximum Gasteiger partial charge on any atom is 0.161 e. The average molecular weight is 284 g/mol. The highest BCUT2D eigenvalue weighted by molar-refractivity contribution is 7.19. The van der Waals surface area contributed by atoms with E-state index >= 15 is 0 Å². The van der Waals surface area contributed by atoms with Crippen molar-refractivity contribution < 1.29 is 9.90 Å². The van der Waals surface area contributed by atoms with E-state index in [0.29, 0.717) is 23.6 Å². The molecule has 0 saturated carbocycles. The van der Waals surface area contributed by atoms with Crippen LogP contribution in [-0.4, -0.2) is 34.5 Å². The molecular formula is C13H15ClNO2P. The summed E-state index contributed by atoms with van der Waals surface area (Å²) in [5.41, 5.74) is 2.92. The van der Waals surface area contributed by atoms with Crippen LogP contribution in [0.3, 0.4) is 0 Å². The molecular weight excluding hydrogens is 269 g/mol. The van der Waals surface area contributed by atoms with E-state index in [1.165, 1.54) is 6.92 Å². The number of carbonyl (C=O) groups excluding carboxylic acids is 1. The van der Waals surface area contributed by atoms with Crippen molar-refractivity contribution in [3.05, 3.63) is 33.8 Å². The number of carbonyl (C=O) groups is 1. The Morgan fingerprint density at radius 2 is 2.06 bits per heavy atom. The van der Waals surface area contributed by atoms with Crippen LogP contribution in [0.15, 0.2) is 12.1 Å². The number of Topliss-reactive ketones (excluding diaryl/α,β-unsaturated/α-hetero) is 1. The summed E-state index contributed by atoms with van der Waals surface area (Å²) in [5, 5.41) is 9.99. The van der Waals surface area contributed by atoms with Crippen molar-refractivity contribution in [3.63, 3.8) is 0 Å². The molecule has 1 aliphatic heterocycles. The number of fused-ring (bicyclic) bond motifs is 1. The zero-order valence-electron chi connectivity index (χ0n) is 10.2. The molecule has 1 N–H and O–H groups in total. The van der Waals surface area contributed by atoms with Crippen LogP contribution in [0.1, 0.15) is 28.4 Å². The van der Waals surface area contributed by atoms with E-state index in [2.05, 4.69) is 8.86 Å². The molecule has 1 aromatic rings. The standard InChI is InChI=1S/C13H15ClNO2P/c1-8(16)12-10-5-7-15(13(17)18)6-4-9(10)2-3-11(12)14/h2-3,17-18H,4-7H2,1H3. The Kier molecular flexibility index (Phi) is 4.18. The average Bonchev–Trinajstić information content (AvgIpc) is 2.50. The molecule has 18 heavy (non-hydrogen) atoms. The van der Waals surface area contributed by atoms with Crippen molar-refractivity contribution in [1.82, 2.24) is 4.90 Å². The summed E-state index contributed by atoms with van der Waals surface area (Å²) in [5.74, 6) is -0.00289. The number of hydrogen-bond acceptors (Lipinski definition) is 1. The van der Waals surface area contributed by atoms with E-state index in [-0.39, 0.29) is 11.4 Å². The molecule has 0 aromatic heterocycles. The summed E-state index contributed by atoms with van der Waals surface area (Å²) in [7, 11) is 3.13. The van der Waals surface area contributed by atoms with Crippen LogP contribution in [0.2, 0.25) is 5.02 Å². The van der Waals surface area contributed by atoms with Crippen LogP contribution >= 0.6 is 20.5 Å². The third-order valence-corrected chi connectivity index (χ3v) is 3.92. The Balaban J connectivity index is 2.41. The number of rotatable bonds is 2. The minimum absolute atomic E-state index is 0.00289. The summed E-state index contributed by atoms with van der Waals surface area (Å²) >= 11 is 6.11. The molecule has 0 unspecified atom stereocenters. The first-order chi connectivity index (χ1) is 8.50. The lowest BCUT2D eigenvalue weighted by Gasteiger charge is -2.16. The first-order valence-electron chi connectivity index (χ1n) is 5.84. The van der Waals surface area contributed by atoms with Crippen molar-refractivity contribution in [2.24, 2.45) is 0 Å². The molecule has 2 rings (SSSR count). The van der Waals surface area contributed by atoms with E-state index in [4.69, 9.17) is 11.6 Å². The van der Waals surface area contributed by atoms with E-state index in [0.717, 1.165) is 24.1 Å². The molecule has 0 saturated heterocycles. The Morgan fingerprint density at radius 3 is 2.67 bits per heavy atom. The van der Waals surface area contributed by atoms with Gasteiger partial charge in [-0.1, -0.05) is 26.5 Å². The fourth-order valence-electron chi connectivity index (χ4n) is 2.39. The van der Waals surface area contributed by atoms with Crippen LogP contribution in [-0.2, 0) is 12.8 Å². The molecule has 1 heterocycles. The second-order valence-corrected chi connectivity index (χ2v) is 5.28. The van der Waals surface area contributed by atoms with Crippen LogP contribution in [0.25, 0.3) is 0 Å². The minimum atomic E-state index is -0.00289. The number of benzene rings is 1. The van der Waals surface area contributed by atoms with Crippen LogP contribution < -0.4 is 0 Å². The van der Waals surface area contributed by atoms with Crippen molar-refractivity contribution in [2.75, 3.05) is 13.1 Å². The monoisotopic (exact) mass is 283 g/mol. The lowest BCUT2D eigenvalue weighted by atomic mass is 9.95. The fraction of sp³-hybridized carbons (Fsp3) is 0.385. The minimum Gasteiger partial charge on any atom is -0.348 e. The SMILES string of the molecule is CC(=O)c1c(Cl)ccc2c1CCN(C(O)=P)CC2. The number of nitrogens with zero attached hydrogens (tertiary/aromatic N) is 1. The Labute approximate surface area is 114 Å². The van der Waals surface area contributed by atoms with Crippen LogP contribution in [0.4, 0.5) is 0 Å². The Morgan fingerprint density at radius 1 is 1.39 bits per heavy atom. The van der Waals surface area contributed by atoms with Crippen molar-refractivity contribution in [3.8, 4) is 0 Å². The van der Waals surface area contributed by atoms with Crippen molar-refractivity contribution in [2.45, 2.75) is 19.8 Å². The van der Waals surface area contributed by atoms with Gasteiger partial charge in [0.15, 0.2) is 5.78 Å². The van der Waals surface area contributed by atoms with E-state index in [1.807, 2.05) is 11.0 Å². The number of halogens is 1. The van der Waals surface area contributed by atoms with Crippen molar-refractivity contribution in [1.29, 1.82) is 0 Å². The summed E-state index contributed by atoms with van der Waals surface area (Å²) in [6.45, 7) is 2.93. The Bertz CT molecular complexity index is 516. The lowest BCUT2D eigenvalue weighted by molar-refractivity contribution is 0.101. The fourth-order valence-corrected chi connectivity index (χ4v) is 2.92. The zero-order chi connectivity index (χ0) is 13.3. The Hall–Kier alpha value is -0.730. The molecule has 0 fully saturated rings. The summed E-state index contributed by atoms with van der Waals surface area (Å²) in [6, 6.07) is 3.75. The largest absolute Gasteiger partial charge is 0.348 e. The zero-order valence-corrected chi connectivity index (χ0v) is 11.9. The highest BCUT2D eigenvalue weighted by atomic mass is 35.5. The number of hydrogen-bond donors (Lipinski definition) is 1. The molecule has 1 aliphatic rings. The second kappa shape index (κ2) is 5.50. The summed E-state index contributed by atoms with van der Waals surface area (Å²) < 4.78 is 0. The molecule has 5 heteroatoms. The van der Waals surface area contributed by atoms with Gasteiger partial charge in [-0.25, -0.2) is 0 Å². The maximum atomic E-state index is 11.7. The van der Waals surface area contributed by atoms with E-state index in [9.17, 15) is 9.90 Å². The molecule has 0 amide bonds. The van der Waals surface area contributed by atoms with Crippen LogP contribution in [0, 0.1) is 0 Å². The third-order valence-electron chi connectivity index (χ3n) is 3.29.